The van der Waals surface area contributed by atoms with Crippen LogP contribution in [0.5, 0.6) is 0 Å². The van der Waals surface area contributed by atoms with E-state index in [2.05, 4.69) is 47.4 Å². The van der Waals surface area contributed by atoms with Gasteiger partial charge in [-0.2, -0.15) is 5.10 Å². The molecule has 25 heavy (non-hydrogen) atoms. The molecular weight excluding hydrogens is 332 g/mol. The van der Waals surface area contributed by atoms with Crippen LogP contribution in [0.25, 0.3) is 0 Å². The molecule has 1 aromatic heterocycles. The number of carbonyl (C=O) groups excluding carboxylic acids is 1. The lowest BCUT2D eigenvalue weighted by Crippen LogP contribution is -2.14. The average molecular weight is 352 g/mol. The number of rotatable bonds is 6. The Morgan fingerprint density at radius 2 is 1.84 bits per heavy atom. The summed E-state index contributed by atoms with van der Waals surface area (Å²) in [5.41, 5.74) is 3.39. The first-order chi connectivity index (χ1) is 12.1. The predicted octanol–water partition coefficient (Wildman–Crippen LogP) is 4.07. The Hall–Kier alpha value is -2.60. The normalized spacial score (nSPS) is 10.6. The largest absolute Gasteiger partial charge is 0.326 e. The summed E-state index contributed by atoms with van der Waals surface area (Å²) in [5.74, 6) is -0.0370. The molecule has 0 aliphatic heterocycles. The Bertz CT molecular complexity index is 844. The van der Waals surface area contributed by atoms with Crippen LogP contribution >= 0.6 is 11.8 Å². The molecule has 1 N–H and O–H groups in total. The van der Waals surface area contributed by atoms with E-state index in [1.807, 2.05) is 24.3 Å². The van der Waals surface area contributed by atoms with Crippen LogP contribution in [0.1, 0.15) is 17.5 Å². The molecule has 3 aromatic rings. The number of anilines is 1. The van der Waals surface area contributed by atoms with E-state index in [0.717, 1.165) is 10.6 Å². The molecule has 0 unspecified atom stereocenters. The van der Waals surface area contributed by atoms with Crippen molar-refractivity contribution in [1.29, 1.82) is 0 Å². The Kier molecular flexibility index (Phi) is 5.50. The molecule has 0 aliphatic rings. The topological polar surface area (TPSA) is 59.8 Å². The quantitative estimate of drug-likeness (QED) is 0.726. The maximum Gasteiger partial charge on any atom is 0.226 e. The van der Waals surface area contributed by atoms with Crippen LogP contribution in [0.15, 0.2) is 64.9 Å². The highest BCUT2D eigenvalue weighted by Gasteiger charge is 2.04. The fraction of sp³-hybridized carbons (Fsp3) is 0.211. The molecule has 0 bridgehead atoms. The Morgan fingerprint density at radius 1 is 1.08 bits per heavy atom. The van der Waals surface area contributed by atoms with Crippen molar-refractivity contribution in [2.75, 3.05) is 5.32 Å². The summed E-state index contributed by atoms with van der Waals surface area (Å²) >= 11 is 1.72. The van der Waals surface area contributed by atoms with E-state index in [4.69, 9.17) is 0 Å². The van der Waals surface area contributed by atoms with E-state index < -0.39 is 0 Å². The summed E-state index contributed by atoms with van der Waals surface area (Å²) in [4.78, 5) is 18.2. The molecular formula is C19H20N4OS. The minimum Gasteiger partial charge on any atom is -0.326 e. The van der Waals surface area contributed by atoms with Gasteiger partial charge in [0.25, 0.3) is 0 Å². The third-order valence-corrected chi connectivity index (χ3v) is 4.88. The van der Waals surface area contributed by atoms with Gasteiger partial charge in [-0.05, 0) is 61.4 Å². The lowest BCUT2D eigenvalue weighted by molar-refractivity contribution is -0.116. The number of nitrogens with one attached hydrogen (secondary N) is 1. The van der Waals surface area contributed by atoms with Crippen LogP contribution in [-0.2, 0) is 11.3 Å². The molecule has 1 amide bonds. The SMILES string of the molecule is Cc1ccc(Sc2ccc(NC(=O)CCn3cncn3)cc2)cc1C. The van der Waals surface area contributed by atoms with Gasteiger partial charge in [0.2, 0.25) is 5.91 Å². The van der Waals surface area contributed by atoms with E-state index >= 15 is 0 Å². The van der Waals surface area contributed by atoms with Gasteiger partial charge in [-0.15, -0.1) is 0 Å². The lowest BCUT2D eigenvalue weighted by atomic mass is 10.1. The molecule has 6 heteroatoms. The van der Waals surface area contributed by atoms with Gasteiger partial charge in [0.15, 0.2) is 0 Å². The third kappa shape index (κ3) is 4.93. The summed E-state index contributed by atoms with van der Waals surface area (Å²) in [6.45, 7) is 4.76. The van der Waals surface area contributed by atoms with E-state index in [1.54, 1.807) is 22.8 Å². The van der Waals surface area contributed by atoms with Crippen LogP contribution in [0.4, 0.5) is 5.69 Å². The number of aromatic nitrogens is 3. The molecule has 2 aromatic carbocycles. The molecule has 5 nitrogen and oxygen atoms in total. The van der Waals surface area contributed by atoms with E-state index in [0.29, 0.717) is 13.0 Å². The third-order valence-electron chi connectivity index (χ3n) is 3.89. The maximum absolute atomic E-state index is 12.0. The second-order valence-electron chi connectivity index (χ2n) is 5.83. The van der Waals surface area contributed by atoms with Gasteiger partial charge in [-0.3, -0.25) is 9.48 Å². The van der Waals surface area contributed by atoms with Crippen molar-refractivity contribution in [2.24, 2.45) is 0 Å². The highest BCUT2D eigenvalue weighted by Crippen LogP contribution is 2.29. The van der Waals surface area contributed by atoms with Crippen LogP contribution < -0.4 is 5.32 Å². The van der Waals surface area contributed by atoms with Gasteiger partial charge in [-0.25, -0.2) is 4.98 Å². The molecule has 0 saturated heterocycles. The van der Waals surface area contributed by atoms with Crippen molar-refractivity contribution in [1.82, 2.24) is 14.8 Å². The van der Waals surface area contributed by atoms with Crippen molar-refractivity contribution >= 4 is 23.4 Å². The number of carbonyl (C=O) groups is 1. The van der Waals surface area contributed by atoms with Crippen LogP contribution in [0.3, 0.4) is 0 Å². The fourth-order valence-electron chi connectivity index (χ4n) is 2.31. The second-order valence-corrected chi connectivity index (χ2v) is 6.98. The van der Waals surface area contributed by atoms with Crippen molar-refractivity contribution in [3.05, 3.63) is 66.2 Å². The van der Waals surface area contributed by atoms with Crippen molar-refractivity contribution in [2.45, 2.75) is 36.6 Å². The van der Waals surface area contributed by atoms with Crippen molar-refractivity contribution < 1.29 is 4.79 Å². The zero-order chi connectivity index (χ0) is 17.6. The van der Waals surface area contributed by atoms with Gasteiger partial charge in [0, 0.05) is 21.9 Å². The second kappa shape index (κ2) is 7.98. The highest BCUT2D eigenvalue weighted by atomic mass is 32.2. The van der Waals surface area contributed by atoms with Gasteiger partial charge < -0.3 is 5.32 Å². The molecule has 0 radical (unpaired) electrons. The Balaban J connectivity index is 1.54. The molecule has 128 valence electrons. The number of hydrogen-bond donors (Lipinski definition) is 1. The number of amides is 1. The monoisotopic (exact) mass is 352 g/mol. The molecule has 0 atom stereocenters. The first kappa shape index (κ1) is 17.2. The van der Waals surface area contributed by atoms with E-state index in [1.165, 1.54) is 22.3 Å². The number of hydrogen-bond acceptors (Lipinski definition) is 4. The smallest absolute Gasteiger partial charge is 0.226 e. The fourth-order valence-corrected chi connectivity index (χ4v) is 3.22. The van der Waals surface area contributed by atoms with Crippen LogP contribution in [0, 0.1) is 13.8 Å². The number of aryl methyl sites for hydroxylation is 3. The van der Waals surface area contributed by atoms with Crippen molar-refractivity contribution in [3.8, 4) is 0 Å². The average Bonchev–Trinajstić information content (AvgIpc) is 3.12. The standard InChI is InChI=1S/C19H20N4OS/c1-14-3-6-18(11-15(14)2)25-17-7-4-16(5-8-17)22-19(24)9-10-23-13-20-12-21-23/h3-8,11-13H,9-10H2,1-2H3,(H,22,24). The summed E-state index contributed by atoms with van der Waals surface area (Å²) in [5, 5.41) is 6.88. The van der Waals surface area contributed by atoms with Gasteiger partial charge in [-0.1, -0.05) is 17.8 Å². The van der Waals surface area contributed by atoms with Crippen LogP contribution in [0.2, 0.25) is 0 Å². The van der Waals surface area contributed by atoms with Crippen LogP contribution in [-0.4, -0.2) is 20.7 Å². The van der Waals surface area contributed by atoms with Gasteiger partial charge in [0.05, 0.1) is 6.54 Å². The van der Waals surface area contributed by atoms with E-state index in [-0.39, 0.29) is 5.91 Å². The molecule has 1 heterocycles. The number of nitrogens with zero attached hydrogens (tertiary/aromatic N) is 3. The lowest BCUT2D eigenvalue weighted by Gasteiger charge is -2.08. The molecule has 0 aliphatic carbocycles. The maximum atomic E-state index is 12.0. The van der Waals surface area contributed by atoms with Gasteiger partial charge >= 0.3 is 0 Å². The Morgan fingerprint density at radius 3 is 2.52 bits per heavy atom. The highest BCUT2D eigenvalue weighted by molar-refractivity contribution is 7.99. The van der Waals surface area contributed by atoms with Crippen molar-refractivity contribution in [3.63, 3.8) is 0 Å². The minimum absolute atomic E-state index is 0.0370. The predicted molar refractivity (Wildman–Crippen MR) is 99.7 cm³/mol. The minimum atomic E-state index is -0.0370. The zero-order valence-electron chi connectivity index (χ0n) is 14.3. The Labute approximate surface area is 151 Å². The summed E-state index contributed by atoms with van der Waals surface area (Å²) in [6, 6.07) is 14.4. The van der Waals surface area contributed by atoms with E-state index in [9.17, 15) is 4.79 Å². The molecule has 0 saturated carbocycles. The summed E-state index contributed by atoms with van der Waals surface area (Å²) < 4.78 is 1.64. The van der Waals surface area contributed by atoms with Gasteiger partial charge in [0.1, 0.15) is 12.7 Å². The first-order valence-corrected chi connectivity index (χ1v) is 8.89. The molecule has 3 rings (SSSR count). The first-order valence-electron chi connectivity index (χ1n) is 8.07. The zero-order valence-corrected chi connectivity index (χ0v) is 15.1. The molecule has 0 spiro atoms. The summed E-state index contributed by atoms with van der Waals surface area (Å²) in [6.07, 6.45) is 3.43. The number of benzene rings is 2. The summed E-state index contributed by atoms with van der Waals surface area (Å²) in [7, 11) is 0. The molecule has 0 fully saturated rings.